The van der Waals surface area contributed by atoms with Crippen molar-refractivity contribution < 1.29 is 24.3 Å². The van der Waals surface area contributed by atoms with Crippen molar-refractivity contribution in [2.75, 3.05) is 26.2 Å². The van der Waals surface area contributed by atoms with Crippen LogP contribution in [0, 0.1) is 5.92 Å². The van der Waals surface area contributed by atoms with E-state index in [0.717, 1.165) is 35.6 Å². The number of amides is 1. The van der Waals surface area contributed by atoms with Gasteiger partial charge in [0.2, 0.25) is 5.91 Å². The zero-order chi connectivity index (χ0) is 21.2. The number of hydrogen-bond acceptors (Lipinski definition) is 5. The van der Waals surface area contributed by atoms with Crippen molar-refractivity contribution in [3.05, 3.63) is 29.8 Å². The van der Waals surface area contributed by atoms with Gasteiger partial charge in [0.15, 0.2) is 6.04 Å². The highest BCUT2D eigenvalue weighted by molar-refractivity contribution is 8.17. The first-order valence-corrected chi connectivity index (χ1v) is 12.1. The summed E-state index contributed by atoms with van der Waals surface area (Å²) in [6.45, 7) is 10.9. The summed E-state index contributed by atoms with van der Waals surface area (Å²) < 4.78 is 0.810. The Hall–Kier alpha value is -1.22. The Morgan fingerprint density at radius 2 is 1.79 bits per heavy atom. The van der Waals surface area contributed by atoms with Gasteiger partial charge in [-0.2, -0.15) is 0 Å². The maximum atomic E-state index is 12.3. The van der Waals surface area contributed by atoms with Crippen molar-refractivity contribution in [1.82, 2.24) is 4.90 Å². The van der Waals surface area contributed by atoms with E-state index in [2.05, 4.69) is 45.0 Å². The Morgan fingerprint density at radius 1 is 1.17 bits per heavy atom. The van der Waals surface area contributed by atoms with E-state index >= 15 is 0 Å². The SMILES string of the molecule is CC[N+](CC)(CC)Cc1ccc(SC2SC3[C@@H](CCO)C(=O)N3C2C(=O)O)cc1. The molecule has 0 aromatic heterocycles. The molecule has 2 N–H and O–H groups in total. The number of hydrogen-bond donors (Lipinski definition) is 2. The van der Waals surface area contributed by atoms with Gasteiger partial charge in [-0.25, -0.2) is 4.79 Å². The van der Waals surface area contributed by atoms with Crippen LogP contribution in [-0.4, -0.2) is 73.7 Å². The lowest BCUT2D eigenvalue weighted by molar-refractivity contribution is -0.936. The molecule has 0 aliphatic carbocycles. The largest absolute Gasteiger partial charge is 0.480 e. The summed E-state index contributed by atoms with van der Waals surface area (Å²) in [6.07, 6.45) is 0.401. The maximum absolute atomic E-state index is 12.3. The predicted octanol–water partition coefficient (Wildman–Crippen LogP) is 2.85. The van der Waals surface area contributed by atoms with Crippen LogP contribution in [0.5, 0.6) is 0 Å². The molecule has 2 aliphatic heterocycles. The molecule has 2 fully saturated rings. The molecule has 0 bridgehead atoms. The second-order valence-corrected chi connectivity index (χ2v) is 10.5. The van der Waals surface area contributed by atoms with Crippen LogP contribution in [-0.2, 0) is 16.1 Å². The van der Waals surface area contributed by atoms with E-state index in [9.17, 15) is 19.8 Å². The minimum Gasteiger partial charge on any atom is -0.480 e. The van der Waals surface area contributed by atoms with Crippen LogP contribution in [0.1, 0.15) is 32.8 Å². The van der Waals surface area contributed by atoms with Gasteiger partial charge in [-0.05, 0) is 39.3 Å². The van der Waals surface area contributed by atoms with Crippen molar-refractivity contribution >= 4 is 35.4 Å². The van der Waals surface area contributed by atoms with Crippen LogP contribution in [0.2, 0.25) is 0 Å². The average Bonchev–Trinajstić information content (AvgIpc) is 3.07. The minimum absolute atomic E-state index is 0.0500. The topological polar surface area (TPSA) is 77.8 Å². The second kappa shape index (κ2) is 9.29. The molecule has 2 saturated heterocycles. The van der Waals surface area contributed by atoms with Crippen molar-refractivity contribution in [3.63, 3.8) is 0 Å². The van der Waals surface area contributed by atoms with Crippen LogP contribution in [0.4, 0.5) is 0 Å². The molecular formula is C21H31N2O4S2+. The molecule has 1 amide bonds. The Kier molecular flexibility index (Phi) is 7.19. The number of rotatable bonds is 10. The molecule has 4 atom stereocenters. The highest BCUT2D eigenvalue weighted by Gasteiger charge is 2.60. The third-order valence-electron chi connectivity index (χ3n) is 6.42. The molecule has 6 nitrogen and oxygen atoms in total. The molecule has 1 aromatic carbocycles. The number of carbonyl (C=O) groups is 2. The molecule has 160 valence electrons. The average molecular weight is 440 g/mol. The van der Waals surface area contributed by atoms with E-state index < -0.39 is 12.0 Å². The van der Waals surface area contributed by atoms with Gasteiger partial charge in [0.05, 0.1) is 35.5 Å². The van der Waals surface area contributed by atoms with Gasteiger partial charge >= 0.3 is 5.97 Å². The number of carbonyl (C=O) groups excluding carboxylic acids is 1. The quantitative estimate of drug-likeness (QED) is 0.431. The molecule has 3 unspecified atom stereocenters. The smallest absolute Gasteiger partial charge is 0.328 e. The predicted molar refractivity (Wildman–Crippen MR) is 117 cm³/mol. The number of thioether (sulfide) groups is 2. The first-order valence-electron chi connectivity index (χ1n) is 10.3. The van der Waals surface area contributed by atoms with Gasteiger partial charge in [0.1, 0.15) is 6.54 Å². The molecule has 1 aromatic rings. The van der Waals surface area contributed by atoms with Gasteiger partial charge in [-0.3, -0.25) is 4.79 Å². The molecule has 2 aliphatic rings. The number of benzene rings is 1. The summed E-state index contributed by atoms with van der Waals surface area (Å²) in [5, 5.41) is 18.7. The van der Waals surface area contributed by atoms with Crippen LogP contribution < -0.4 is 0 Å². The minimum atomic E-state index is -0.958. The Labute approximate surface area is 181 Å². The molecule has 0 spiro atoms. The van der Waals surface area contributed by atoms with Crippen LogP contribution in [0.15, 0.2) is 29.2 Å². The maximum Gasteiger partial charge on any atom is 0.328 e. The number of β-lactam (4-membered cyclic amide) rings is 1. The van der Waals surface area contributed by atoms with Crippen LogP contribution in [0.3, 0.4) is 0 Å². The summed E-state index contributed by atoms with van der Waals surface area (Å²) in [4.78, 5) is 26.7. The summed E-state index contributed by atoms with van der Waals surface area (Å²) in [5.74, 6) is -1.36. The van der Waals surface area contributed by atoms with E-state index in [1.165, 1.54) is 22.2 Å². The highest BCUT2D eigenvalue weighted by atomic mass is 32.2. The fourth-order valence-corrected chi connectivity index (χ4v) is 7.60. The Morgan fingerprint density at radius 3 is 2.31 bits per heavy atom. The molecule has 2 heterocycles. The summed E-state index contributed by atoms with van der Waals surface area (Å²) >= 11 is 3.06. The zero-order valence-electron chi connectivity index (χ0n) is 17.3. The van der Waals surface area contributed by atoms with Gasteiger partial charge in [0.25, 0.3) is 0 Å². The Bertz CT molecular complexity index is 730. The lowest BCUT2D eigenvalue weighted by atomic mass is 9.93. The van der Waals surface area contributed by atoms with Crippen molar-refractivity contribution in [2.45, 2.75) is 54.6 Å². The molecule has 0 saturated carbocycles. The number of aliphatic carboxylic acids is 1. The van der Waals surface area contributed by atoms with Gasteiger partial charge in [0, 0.05) is 17.1 Å². The number of quaternary nitrogens is 1. The first-order chi connectivity index (χ1) is 13.9. The van der Waals surface area contributed by atoms with Gasteiger partial charge in [-0.15, -0.1) is 23.5 Å². The Balaban J connectivity index is 1.69. The van der Waals surface area contributed by atoms with E-state index in [-0.39, 0.29) is 28.4 Å². The van der Waals surface area contributed by atoms with E-state index in [1.807, 2.05) is 0 Å². The number of aliphatic hydroxyl groups is 1. The molecule has 3 rings (SSSR count). The highest BCUT2D eigenvalue weighted by Crippen LogP contribution is 2.53. The number of carboxylic acids is 1. The fraction of sp³-hybridized carbons (Fsp3) is 0.619. The number of aliphatic hydroxyl groups excluding tert-OH is 1. The fourth-order valence-electron chi connectivity index (χ4n) is 4.28. The van der Waals surface area contributed by atoms with E-state index in [1.54, 1.807) is 11.8 Å². The second-order valence-electron chi connectivity index (χ2n) is 7.75. The monoisotopic (exact) mass is 439 g/mol. The van der Waals surface area contributed by atoms with Crippen LogP contribution >= 0.6 is 23.5 Å². The van der Waals surface area contributed by atoms with Crippen molar-refractivity contribution in [3.8, 4) is 0 Å². The third kappa shape index (κ3) is 4.31. The molecular weight excluding hydrogens is 408 g/mol. The van der Waals surface area contributed by atoms with E-state index in [4.69, 9.17) is 0 Å². The number of carboxylic acid groups (broad SMARTS) is 1. The van der Waals surface area contributed by atoms with Crippen molar-refractivity contribution in [2.24, 2.45) is 5.92 Å². The van der Waals surface area contributed by atoms with Gasteiger partial charge < -0.3 is 19.6 Å². The lowest BCUT2D eigenvalue weighted by Crippen LogP contribution is -2.61. The standard InChI is InChI=1S/C21H30N2O4S2/c1-4-23(5-2,6-3)13-14-7-9-15(10-8-14)28-21-17(20(26)27)22-18(25)16(11-12-24)19(22)29-21/h7-10,16-17,19,21,24H,4-6,11-13H2,1-3H3/p+1/t16-,17?,19?,21?/m0/s1. The zero-order valence-corrected chi connectivity index (χ0v) is 18.9. The van der Waals surface area contributed by atoms with Crippen molar-refractivity contribution in [1.29, 1.82) is 0 Å². The lowest BCUT2D eigenvalue weighted by Gasteiger charge is -2.43. The van der Waals surface area contributed by atoms with Crippen LogP contribution in [0.25, 0.3) is 0 Å². The van der Waals surface area contributed by atoms with E-state index in [0.29, 0.717) is 6.42 Å². The molecule has 0 radical (unpaired) electrons. The third-order valence-corrected chi connectivity index (χ3v) is 9.44. The normalized spacial score (nSPS) is 26.3. The number of fused-ring (bicyclic) bond motifs is 1. The summed E-state index contributed by atoms with van der Waals surface area (Å²) in [7, 11) is 0. The number of nitrogens with zero attached hydrogens (tertiary/aromatic N) is 2. The summed E-state index contributed by atoms with van der Waals surface area (Å²) in [5.41, 5.74) is 1.29. The first kappa shape index (κ1) is 22.5. The van der Waals surface area contributed by atoms with Gasteiger partial charge in [-0.1, -0.05) is 12.1 Å². The molecule has 29 heavy (non-hydrogen) atoms. The molecule has 8 heteroatoms. The summed E-state index contributed by atoms with van der Waals surface area (Å²) in [6, 6.07) is 7.59.